The van der Waals surface area contributed by atoms with Crippen molar-refractivity contribution in [2.45, 2.75) is 37.5 Å². The zero-order valence-corrected chi connectivity index (χ0v) is 31.0. The second kappa shape index (κ2) is 23.1. The molecular weight excluding hydrogens is 702 g/mol. The topological polar surface area (TPSA) is 196 Å². The van der Waals surface area contributed by atoms with Crippen LogP contribution in [0.4, 0.5) is 5.69 Å². The van der Waals surface area contributed by atoms with E-state index < -0.39 is 35.9 Å². The van der Waals surface area contributed by atoms with Gasteiger partial charge < -0.3 is 35.3 Å². The Bertz CT molecular complexity index is 1770. The molecule has 0 saturated heterocycles. The smallest absolute Gasteiger partial charge is 0.246 e. The van der Waals surface area contributed by atoms with E-state index in [1.807, 2.05) is 48.5 Å². The molecule has 0 fully saturated rings. The number of methoxy groups -OCH3 is 1. The van der Waals surface area contributed by atoms with E-state index in [1.165, 1.54) is 0 Å². The summed E-state index contributed by atoms with van der Waals surface area (Å²) < 4.78 is 16.0. The highest BCUT2D eigenvalue weighted by Crippen LogP contribution is 2.37. The monoisotopic (exact) mass is 751 g/mol. The molecule has 0 saturated carbocycles. The largest absolute Gasteiger partial charge is 0.497 e. The van der Waals surface area contributed by atoms with E-state index in [2.05, 4.69) is 67.7 Å². The van der Waals surface area contributed by atoms with E-state index in [9.17, 15) is 19.5 Å². The minimum Gasteiger partial charge on any atom is -0.497 e. The normalized spacial score (nSPS) is 11.5. The van der Waals surface area contributed by atoms with Crippen LogP contribution in [-0.4, -0.2) is 82.0 Å². The second-order valence-electron chi connectivity index (χ2n) is 12.5. The van der Waals surface area contributed by atoms with Crippen molar-refractivity contribution in [1.82, 2.24) is 16.0 Å². The summed E-state index contributed by atoms with van der Waals surface area (Å²) in [6.07, 6.45) is 1.60. The van der Waals surface area contributed by atoms with Crippen LogP contribution in [0.3, 0.4) is 0 Å². The van der Waals surface area contributed by atoms with Crippen LogP contribution in [0.15, 0.2) is 114 Å². The van der Waals surface area contributed by atoms with E-state index in [0.717, 1.165) is 22.4 Å². The predicted octanol–water partition coefficient (Wildman–Crippen LogP) is 4.82. The number of amides is 3. The van der Waals surface area contributed by atoms with Gasteiger partial charge in [0.1, 0.15) is 25.0 Å². The van der Waals surface area contributed by atoms with Crippen LogP contribution >= 0.6 is 0 Å². The first kappa shape index (κ1) is 42.0. The predicted molar refractivity (Wildman–Crippen MR) is 209 cm³/mol. The third kappa shape index (κ3) is 13.2. The van der Waals surface area contributed by atoms with Crippen molar-refractivity contribution >= 4 is 23.4 Å². The Morgan fingerprint density at radius 3 is 2.04 bits per heavy atom. The lowest BCUT2D eigenvalue weighted by atomic mass is 9.77. The van der Waals surface area contributed by atoms with Gasteiger partial charge in [0.05, 0.1) is 32.5 Å². The van der Waals surface area contributed by atoms with Crippen LogP contribution in [0, 0.1) is 0 Å². The van der Waals surface area contributed by atoms with Crippen molar-refractivity contribution in [3.8, 4) is 5.75 Å². The van der Waals surface area contributed by atoms with Gasteiger partial charge in [-0.15, -0.1) is 0 Å². The zero-order valence-electron chi connectivity index (χ0n) is 31.0. The first-order valence-electron chi connectivity index (χ1n) is 18.1. The van der Waals surface area contributed by atoms with Gasteiger partial charge in [0.25, 0.3) is 0 Å². The number of azide groups is 1. The maximum Gasteiger partial charge on any atom is 0.246 e. The van der Waals surface area contributed by atoms with Gasteiger partial charge in [0.2, 0.25) is 17.7 Å². The first-order valence-corrected chi connectivity index (χ1v) is 18.1. The molecule has 1 unspecified atom stereocenters. The highest BCUT2D eigenvalue weighted by molar-refractivity contribution is 5.97. The molecule has 0 aliphatic heterocycles. The summed E-state index contributed by atoms with van der Waals surface area (Å²) >= 11 is 0. The fourth-order valence-electron chi connectivity index (χ4n) is 6.00. The molecule has 290 valence electrons. The molecule has 0 aliphatic rings. The number of benzene rings is 4. The number of nitrogens with zero attached hydrogens (tertiary/aromatic N) is 3. The number of hydrogen-bond acceptors (Lipinski definition) is 9. The average molecular weight is 752 g/mol. The Morgan fingerprint density at radius 1 is 0.782 bits per heavy atom. The molecule has 3 amide bonds. The van der Waals surface area contributed by atoms with Crippen LogP contribution in [0.2, 0.25) is 0 Å². The second-order valence-corrected chi connectivity index (χ2v) is 12.5. The summed E-state index contributed by atoms with van der Waals surface area (Å²) in [5.74, 6) is -0.631. The molecule has 14 heteroatoms. The number of aliphatic hydroxyl groups is 1. The lowest BCUT2D eigenvalue weighted by Gasteiger charge is -2.37. The minimum absolute atomic E-state index is 0.125. The minimum atomic E-state index is -0.889. The quantitative estimate of drug-likeness (QED) is 0.0221. The number of nitrogens with one attached hydrogen (secondary N) is 4. The molecule has 0 aliphatic carbocycles. The molecule has 0 heterocycles. The Hall–Kier alpha value is -5.76. The Morgan fingerprint density at radius 2 is 1.42 bits per heavy atom. The summed E-state index contributed by atoms with van der Waals surface area (Å²) in [5, 5.41) is 24.8. The van der Waals surface area contributed by atoms with E-state index in [-0.39, 0.29) is 39.5 Å². The van der Waals surface area contributed by atoms with E-state index in [0.29, 0.717) is 37.1 Å². The molecule has 55 heavy (non-hydrogen) atoms. The number of rotatable bonds is 24. The van der Waals surface area contributed by atoms with E-state index in [1.54, 1.807) is 31.4 Å². The van der Waals surface area contributed by atoms with Gasteiger partial charge in [-0.2, -0.15) is 0 Å². The lowest BCUT2D eigenvalue weighted by molar-refractivity contribution is -0.133. The molecule has 5 N–H and O–H groups in total. The summed E-state index contributed by atoms with van der Waals surface area (Å²) in [4.78, 5) is 41.2. The fraction of sp³-hybridized carbons (Fsp3) is 0.341. The number of aliphatic hydroxyl groups excluding tert-OH is 1. The van der Waals surface area contributed by atoms with Gasteiger partial charge in [0, 0.05) is 23.7 Å². The Labute approximate surface area is 321 Å². The van der Waals surface area contributed by atoms with Crippen molar-refractivity contribution in [3.05, 3.63) is 142 Å². The third-order valence-electron chi connectivity index (χ3n) is 8.74. The zero-order chi connectivity index (χ0) is 39.1. The van der Waals surface area contributed by atoms with Gasteiger partial charge in [-0.1, -0.05) is 90.0 Å². The molecule has 4 aromatic rings. The third-order valence-corrected chi connectivity index (χ3v) is 8.74. The maximum atomic E-state index is 13.5. The van der Waals surface area contributed by atoms with Crippen LogP contribution in [0.25, 0.3) is 10.4 Å². The van der Waals surface area contributed by atoms with Crippen LogP contribution in [-0.2, 0) is 36.0 Å². The van der Waals surface area contributed by atoms with Crippen molar-refractivity contribution in [2.75, 3.05) is 58.5 Å². The molecule has 0 bridgehead atoms. The van der Waals surface area contributed by atoms with Gasteiger partial charge in [-0.05, 0) is 77.9 Å². The summed E-state index contributed by atoms with van der Waals surface area (Å²) in [6.45, 7) is 0.555. The first-order chi connectivity index (χ1) is 26.9. The molecule has 0 spiro atoms. The van der Waals surface area contributed by atoms with Crippen LogP contribution < -0.4 is 26.0 Å². The number of carbonyl (C=O) groups is 3. The van der Waals surface area contributed by atoms with Crippen molar-refractivity contribution in [3.63, 3.8) is 0 Å². The fourth-order valence-corrected chi connectivity index (χ4v) is 6.00. The molecule has 0 aromatic heterocycles. The number of unbranched alkanes of at least 4 members (excludes halogenated alkanes) is 1. The molecule has 4 rings (SSSR count). The summed E-state index contributed by atoms with van der Waals surface area (Å²) in [7, 11) is 1.64. The molecule has 4 aromatic carbocycles. The SMILES string of the molecule is COc1ccc(C(NCCCCC(NC(=O)COCC(=O)NCCOCCN=[N+]=[N-])C(=O)Nc2ccc(CO)cc2)(c2ccccc2)c2ccccc2)cc1. The van der Waals surface area contributed by atoms with Gasteiger partial charge in [-0.25, -0.2) is 0 Å². The maximum absolute atomic E-state index is 13.5. The lowest BCUT2D eigenvalue weighted by Crippen LogP contribution is -2.46. The Kier molecular flexibility index (Phi) is 17.6. The van der Waals surface area contributed by atoms with Crippen molar-refractivity contribution in [2.24, 2.45) is 5.11 Å². The molecule has 1 atom stereocenters. The summed E-state index contributed by atoms with van der Waals surface area (Å²) in [6, 6.07) is 34.4. The average Bonchev–Trinajstić information content (AvgIpc) is 3.22. The highest BCUT2D eigenvalue weighted by atomic mass is 16.5. The standard InChI is InChI=1S/C41H49N7O7/c1-53-36-21-17-34(18-22-36)41(32-10-4-2-5-11-32,33-12-6-3-7-13-33)44-23-9-8-14-37(40(52)46-35-19-15-31(28-49)16-20-35)47-39(51)30-55-29-38(50)43-24-26-54-27-25-45-48-42/h2-7,10-13,15-22,37,44,49H,8-9,14,23-30H2,1H3,(H,43,50)(H,46,52)(H,47,51). The molecule has 0 radical (unpaired) electrons. The number of anilines is 1. The van der Waals surface area contributed by atoms with Crippen molar-refractivity contribution in [1.29, 1.82) is 0 Å². The van der Waals surface area contributed by atoms with Gasteiger partial charge >= 0.3 is 0 Å². The van der Waals surface area contributed by atoms with E-state index in [4.69, 9.17) is 19.7 Å². The highest BCUT2D eigenvalue weighted by Gasteiger charge is 2.35. The molecule has 14 nitrogen and oxygen atoms in total. The van der Waals surface area contributed by atoms with Crippen molar-refractivity contribution < 1.29 is 33.7 Å². The van der Waals surface area contributed by atoms with E-state index >= 15 is 0 Å². The number of carbonyl (C=O) groups excluding carboxylic acids is 3. The molecular formula is C41H49N7O7. The summed E-state index contributed by atoms with van der Waals surface area (Å²) in [5.41, 5.74) is 12.0. The van der Waals surface area contributed by atoms with Gasteiger partial charge in [0.15, 0.2) is 0 Å². The van der Waals surface area contributed by atoms with Gasteiger partial charge in [-0.3, -0.25) is 19.7 Å². The van der Waals surface area contributed by atoms with Crippen LogP contribution in [0.1, 0.15) is 41.5 Å². The number of ether oxygens (including phenoxy) is 3. The number of hydrogen-bond donors (Lipinski definition) is 5. The Balaban J connectivity index is 1.39. The van der Waals surface area contributed by atoms with Crippen LogP contribution in [0.5, 0.6) is 5.75 Å².